The molecule has 1 aliphatic rings. The van der Waals surface area contributed by atoms with E-state index in [0.717, 1.165) is 5.56 Å². The van der Waals surface area contributed by atoms with Gasteiger partial charge in [-0.2, -0.15) is 0 Å². The molecule has 27 heavy (non-hydrogen) atoms. The zero-order valence-electron chi connectivity index (χ0n) is 15.0. The molecular formula is C21H24Cl2FNO2. The molecule has 2 aromatic rings. The second kappa shape index (κ2) is 9.54. The quantitative estimate of drug-likeness (QED) is 0.729. The number of rotatable bonds is 6. The standard InChI is InChI=1S/C21H23ClFNO2.ClH/c22-19-8-6-18(7-9-19)21(23)10-12-24(13-11-21)15-17(20(25)26)14-16-4-2-1-3-5-16;/h1-9,17H,10-15H2,(H,25,26);1H. The first kappa shape index (κ1) is 21.7. The van der Waals surface area contributed by atoms with Crippen LogP contribution < -0.4 is 0 Å². The normalized spacial score (nSPS) is 17.7. The highest BCUT2D eigenvalue weighted by molar-refractivity contribution is 6.30. The molecule has 1 fully saturated rings. The van der Waals surface area contributed by atoms with Gasteiger partial charge >= 0.3 is 5.97 Å². The van der Waals surface area contributed by atoms with Gasteiger partial charge < -0.3 is 10.0 Å². The van der Waals surface area contributed by atoms with Crippen LogP contribution in [-0.2, 0) is 16.9 Å². The Labute approximate surface area is 170 Å². The monoisotopic (exact) mass is 411 g/mol. The van der Waals surface area contributed by atoms with E-state index < -0.39 is 17.6 Å². The van der Waals surface area contributed by atoms with Gasteiger partial charge in [0, 0.05) is 24.7 Å². The number of carboxylic acids is 1. The van der Waals surface area contributed by atoms with Crippen LogP contribution in [0.15, 0.2) is 54.6 Å². The number of carbonyl (C=O) groups is 1. The van der Waals surface area contributed by atoms with Gasteiger partial charge in [0.1, 0.15) is 5.67 Å². The van der Waals surface area contributed by atoms with Crippen molar-refractivity contribution in [3.05, 3.63) is 70.7 Å². The van der Waals surface area contributed by atoms with E-state index in [1.165, 1.54) is 0 Å². The molecule has 0 amide bonds. The number of halogens is 3. The van der Waals surface area contributed by atoms with Gasteiger partial charge in [0.25, 0.3) is 0 Å². The fourth-order valence-corrected chi connectivity index (χ4v) is 3.69. The molecule has 1 unspecified atom stereocenters. The molecule has 146 valence electrons. The Morgan fingerprint density at radius 2 is 1.70 bits per heavy atom. The summed E-state index contributed by atoms with van der Waals surface area (Å²) in [5, 5.41) is 10.2. The Morgan fingerprint density at radius 1 is 1.11 bits per heavy atom. The molecule has 1 heterocycles. The number of benzene rings is 2. The van der Waals surface area contributed by atoms with Crippen LogP contribution in [0.1, 0.15) is 24.0 Å². The maximum Gasteiger partial charge on any atom is 0.308 e. The highest BCUT2D eigenvalue weighted by Crippen LogP contribution is 2.37. The summed E-state index contributed by atoms with van der Waals surface area (Å²) in [6, 6.07) is 16.5. The van der Waals surface area contributed by atoms with Crippen LogP contribution in [0.2, 0.25) is 5.02 Å². The van der Waals surface area contributed by atoms with Gasteiger partial charge in [-0.1, -0.05) is 54.1 Å². The lowest BCUT2D eigenvalue weighted by Gasteiger charge is -2.37. The van der Waals surface area contributed by atoms with Gasteiger partial charge in [0.2, 0.25) is 0 Å². The predicted molar refractivity (Wildman–Crippen MR) is 108 cm³/mol. The lowest BCUT2D eigenvalue weighted by Crippen LogP contribution is -2.43. The Kier molecular flexibility index (Phi) is 7.66. The lowest BCUT2D eigenvalue weighted by atomic mass is 9.85. The zero-order chi connectivity index (χ0) is 18.6. The van der Waals surface area contributed by atoms with E-state index in [9.17, 15) is 9.90 Å². The van der Waals surface area contributed by atoms with Crippen molar-refractivity contribution >= 4 is 30.0 Å². The number of likely N-dealkylation sites (tertiary alicyclic amines) is 1. The molecule has 2 aromatic carbocycles. The van der Waals surface area contributed by atoms with E-state index in [-0.39, 0.29) is 12.4 Å². The molecule has 0 radical (unpaired) electrons. The highest BCUT2D eigenvalue weighted by atomic mass is 35.5. The summed E-state index contributed by atoms with van der Waals surface area (Å²) >= 11 is 5.89. The molecule has 0 saturated carbocycles. The Hall–Kier alpha value is -1.62. The molecule has 1 N–H and O–H groups in total. The second-order valence-corrected chi connectivity index (χ2v) is 7.43. The summed E-state index contributed by atoms with van der Waals surface area (Å²) in [6.45, 7) is 1.55. The van der Waals surface area contributed by atoms with Crippen molar-refractivity contribution < 1.29 is 14.3 Å². The van der Waals surface area contributed by atoms with Crippen LogP contribution in [0.4, 0.5) is 4.39 Å². The first-order chi connectivity index (χ1) is 12.5. The van der Waals surface area contributed by atoms with Crippen molar-refractivity contribution in [3.8, 4) is 0 Å². The van der Waals surface area contributed by atoms with Crippen LogP contribution in [0.25, 0.3) is 0 Å². The van der Waals surface area contributed by atoms with Crippen molar-refractivity contribution in [2.75, 3.05) is 19.6 Å². The fourth-order valence-electron chi connectivity index (χ4n) is 3.57. The summed E-state index contributed by atoms with van der Waals surface area (Å²) < 4.78 is 15.3. The van der Waals surface area contributed by atoms with Gasteiger partial charge in [0.15, 0.2) is 0 Å². The highest BCUT2D eigenvalue weighted by Gasteiger charge is 2.37. The van der Waals surface area contributed by atoms with E-state index in [1.54, 1.807) is 24.3 Å². The molecule has 0 aromatic heterocycles. The number of nitrogens with zero attached hydrogens (tertiary/aromatic N) is 1. The lowest BCUT2D eigenvalue weighted by molar-refractivity contribution is -0.142. The first-order valence-electron chi connectivity index (χ1n) is 8.90. The molecule has 0 aliphatic carbocycles. The third kappa shape index (κ3) is 5.68. The zero-order valence-corrected chi connectivity index (χ0v) is 16.6. The summed E-state index contributed by atoms with van der Waals surface area (Å²) in [7, 11) is 0. The molecule has 3 rings (SSSR count). The van der Waals surface area contributed by atoms with Gasteiger partial charge in [-0.15, -0.1) is 12.4 Å². The number of alkyl halides is 1. The molecule has 1 aliphatic heterocycles. The third-order valence-corrected chi connectivity index (χ3v) is 5.41. The smallest absolute Gasteiger partial charge is 0.308 e. The predicted octanol–water partition coefficient (Wildman–Crippen LogP) is 4.97. The Bertz CT molecular complexity index is 732. The van der Waals surface area contributed by atoms with Crippen LogP contribution in [-0.4, -0.2) is 35.6 Å². The molecular weight excluding hydrogens is 388 g/mol. The number of hydrogen-bond donors (Lipinski definition) is 1. The second-order valence-electron chi connectivity index (χ2n) is 7.00. The molecule has 1 atom stereocenters. The van der Waals surface area contributed by atoms with Gasteiger partial charge in [-0.3, -0.25) is 4.79 Å². The van der Waals surface area contributed by atoms with Crippen LogP contribution in [0.3, 0.4) is 0 Å². The molecule has 0 bridgehead atoms. The first-order valence-corrected chi connectivity index (χ1v) is 9.28. The van der Waals surface area contributed by atoms with Crippen molar-refractivity contribution in [1.29, 1.82) is 0 Å². The summed E-state index contributed by atoms with van der Waals surface area (Å²) in [5.74, 6) is -1.29. The topological polar surface area (TPSA) is 40.5 Å². The maximum absolute atomic E-state index is 15.3. The van der Waals surface area contributed by atoms with E-state index >= 15 is 4.39 Å². The average molecular weight is 412 g/mol. The molecule has 3 nitrogen and oxygen atoms in total. The van der Waals surface area contributed by atoms with E-state index in [1.807, 2.05) is 30.3 Å². The summed E-state index contributed by atoms with van der Waals surface area (Å²) in [4.78, 5) is 13.7. The fraction of sp³-hybridized carbons (Fsp3) is 0.381. The van der Waals surface area contributed by atoms with Crippen LogP contribution >= 0.6 is 24.0 Å². The number of piperidine rings is 1. The van der Waals surface area contributed by atoms with Crippen molar-refractivity contribution in [1.82, 2.24) is 4.90 Å². The third-order valence-electron chi connectivity index (χ3n) is 5.16. The average Bonchev–Trinajstić information content (AvgIpc) is 2.64. The summed E-state index contributed by atoms with van der Waals surface area (Å²) in [6.07, 6.45) is 1.23. The van der Waals surface area contributed by atoms with E-state index in [0.29, 0.717) is 49.5 Å². The maximum atomic E-state index is 15.3. The minimum atomic E-state index is -1.36. The number of carboxylic acid groups (broad SMARTS) is 1. The van der Waals surface area contributed by atoms with E-state index in [4.69, 9.17) is 11.6 Å². The summed E-state index contributed by atoms with van der Waals surface area (Å²) in [5.41, 5.74) is 0.303. The van der Waals surface area contributed by atoms with E-state index in [2.05, 4.69) is 4.90 Å². The Morgan fingerprint density at radius 3 is 2.26 bits per heavy atom. The Balaban J connectivity index is 0.00000261. The van der Waals surface area contributed by atoms with Gasteiger partial charge in [0.05, 0.1) is 5.92 Å². The van der Waals surface area contributed by atoms with Gasteiger partial charge in [-0.05, 0) is 42.5 Å². The van der Waals surface area contributed by atoms with Crippen LogP contribution in [0, 0.1) is 5.92 Å². The van der Waals surface area contributed by atoms with Gasteiger partial charge in [-0.25, -0.2) is 4.39 Å². The SMILES string of the molecule is Cl.O=C(O)C(Cc1ccccc1)CN1CCC(F)(c2ccc(Cl)cc2)CC1. The molecule has 0 spiro atoms. The van der Waals surface area contributed by atoms with Crippen molar-refractivity contribution in [3.63, 3.8) is 0 Å². The number of hydrogen-bond acceptors (Lipinski definition) is 2. The van der Waals surface area contributed by atoms with Crippen molar-refractivity contribution in [2.45, 2.75) is 24.9 Å². The largest absolute Gasteiger partial charge is 0.481 e. The van der Waals surface area contributed by atoms with Crippen LogP contribution in [0.5, 0.6) is 0 Å². The minimum absolute atomic E-state index is 0. The van der Waals surface area contributed by atoms with Crippen molar-refractivity contribution in [2.24, 2.45) is 5.92 Å². The number of aliphatic carboxylic acids is 1. The molecule has 6 heteroatoms. The minimum Gasteiger partial charge on any atom is -0.481 e. The molecule has 1 saturated heterocycles.